The summed E-state index contributed by atoms with van der Waals surface area (Å²) in [5.41, 5.74) is 0. The number of methoxy groups -OCH3 is 1. The quantitative estimate of drug-likeness (QED) is 0.630. The monoisotopic (exact) mass is 251 g/mol. The molecule has 0 saturated carbocycles. The molecular formula is C10H21NO4S. The Hall–Kier alpha value is -0.620. The minimum absolute atomic E-state index is 0.0551. The Kier molecular flexibility index (Phi) is 7.33. The molecule has 0 spiro atoms. The van der Waals surface area contributed by atoms with Crippen molar-refractivity contribution in [1.82, 2.24) is 5.32 Å². The van der Waals surface area contributed by atoms with Crippen molar-refractivity contribution in [2.24, 2.45) is 0 Å². The lowest BCUT2D eigenvalue weighted by molar-refractivity contribution is -0.140. The minimum Gasteiger partial charge on any atom is -0.469 e. The second-order valence-corrected chi connectivity index (χ2v) is 6.11. The van der Waals surface area contributed by atoms with Gasteiger partial charge in [-0.25, -0.2) is 8.42 Å². The lowest BCUT2D eigenvalue weighted by Crippen LogP contribution is -2.22. The molecule has 1 N–H and O–H groups in total. The summed E-state index contributed by atoms with van der Waals surface area (Å²) in [7, 11) is -0.0220. The Morgan fingerprint density at radius 2 is 2.00 bits per heavy atom. The largest absolute Gasteiger partial charge is 0.469 e. The highest BCUT2D eigenvalue weighted by Crippen LogP contribution is 2.03. The van der Waals surface area contributed by atoms with Crippen molar-refractivity contribution in [1.29, 1.82) is 0 Å². The molecule has 16 heavy (non-hydrogen) atoms. The van der Waals surface area contributed by atoms with E-state index in [1.807, 2.05) is 14.0 Å². The van der Waals surface area contributed by atoms with Gasteiger partial charge in [-0.3, -0.25) is 4.79 Å². The Balaban J connectivity index is 3.83. The highest BCUT2D eigenvalue weighted by atomic mass is 32.2. The van der Waals surface area contributed by atoms with Crippen LogP contribution in [0.1, 0.15) is 26.2 Å². The maximum Gasteiger partial charge on any atom is 0.306 e. The van der Waals surface area contributed by atoms with Crippen LogP contribution in [-0.2, 0) is 19.4 Å². The van der Waals surface area contributed by atoms with Crippen molar-refractivity contribution in [2.75, 3.05) is 25.7 Å². The normalized spacial score (nSPS) is 13.4. The van der Waals surface area contributed by atoms with Crippen molar-refractivity contribution < 1.29 is 17.9 Å². The molecule has 0 aromatic heterocycles. The number of hydrogen-bond donors (Lipinski definition) is 1. The molecular weight excluding hydrogens is 230 g/mol. The fraction of sp³-hybridized carbons (Fsp3) is 0.900. The average molecular weight is 251 g/mol. The number of carbonyl (C=O) groups is 1. The van der Waals surface area contributed by atoms with Gasteiger partial charge in [-0.2, -0.15) is 0 Å². The predicted octanol–water partition coefficient (Wildman–Crippen LogP) is 0.352. The van der Waals surface area contributed by atoms with Crippen LogP contribution in [0.2, 0.25) is 0 Å². The van der Waals surface area contributed by atoms with Gasteiger partial charge in [0.2, 0.25) is 0 Å². The van der Waals surface area contributed by atoms with E-state index in [2.05, 4.69) is 10.1 Å². The number of nitrogens with one attached hydrogen (secondary N) is 1. The van der Waals surface area contributed by atoms with Gasteiger partial charge in [-0.1, -0.05) is 0 Å². The first-order valence-corrected chi connectivity index (χ1v) is 7.18. The fourth-order valence-corrected chi connectivity index (χ4v) is 2.49. The summed E-state index contributed by atoms with van der Waals surface area (Å²) >= 11 is 0. The van der Waals surface area contributed by atoms with E-state index in [1.54, 1.807) is 0 Å². The molecule has 6 heteroatoms. The highest BCUT2D eigenvalue weighted by Gasteiger charge is 2.14. The topological polar surface area (TPSA) is 72.5 Å². The Morgan fingerprint density at radius 3 is 2.50 bits per heavy atom. The van der Waals surface area contributed by atoms with Gasteiger partial charge in [-0.15, -0.1) is 0 Å². The number of rotatable bonds is 8. The van der Waals surface area contributed by atoms with E-state index in [1.165, 1.54) is 7.11 Å². The molecule has 0 fully saturated rings. The maximum absolute atomic E-state index is 11.5. The third-order valence-corrected chi connectivity index (χ3v) is 4.17. The number of esters is 1. The Bertz CT molecular complexity index is 300. The van der Waals surface area contributed by atoms with Crippen LogP contribution in [0.3, 0.4) is 0 Å². The van der Waals surface area contributed by atoms with E-state index in [9.17, 15) is 13.2 Å². The third kappa shape index (κ3) is 7.64. The molecule has 0 aliphatic rings. The van der Waals surface area contributed by atoms with E-state index in [0.29, 0.717) is 12.5 Å². The molecule has 0 amide bonds. The van der Waals surface area contributed by atoms with Crippen LogP contribution in [0.15, 0.2) is 0 Å². The molecule has 96 valence electrons. The van der Waals surface area contributed by atoms with Crippen molar-refractivity contribution >= 4 is 15.8 Å². The van der Waals surface area contributed by atoms with Crippen LogP contribution in [0.25, 0.3) is 0 Å². The van der Waals surface area contributed by atoms with Crippen molar-refractivity contribution in [2.45, 2.75) is 32.2 Å². The zero-order chi connectivity index (χ0) is 12.6. The minimum atomic E-state index is -3.12. The summed E-state index contributed by atoms with van der Waals surface area (Å²) in [5.74, 6) is -0.462. The number of ether oxygens (including phenoxy) is 1. The zero-order valence-corrected chi connectivity index (χ0v) is 11.0. The van der Waals surface area contributed by atoms with Gasteiger partial charge < -0.3 is 10.1 Å². The van der Waals surface area contributed by atoms with E-state index < -0.39 is 15.8 Å². The Morgan fingerprint density at radius 1 is 1.38 bits per heavy atom. The number of carbonyl (C=O) groups excluding carboxylic acids is 1. The molecule has 1 atom stereocenters. The van der Waals surface area contributed by atoms with Gasteiger partial charge >= 0.3 is 5.97 Å². The van der Waals surface area contributed by atoms with Crippen LogP contribution in [0.4, 0.5) is 0 Å². The van der Waals surface area contributed by atoms with Crippen molar-refractivity contribution in [3.8, 4) is 0 Å². The van der Waals surface area contributed by atoms with E-state index in [-0.39, 0.29) is 17.9 Å². The van der Waals surface area contributed by atoms with Crippen LogP contribution in [0, 0.1) is 0 Å². The molecule has 1 unspecified atom stereocenters. The molecule has 0 heterocycles. The summed E-state index contributed by atoms with van der Waals surface area (Å²) in [5, 5.41) is 3.04. The molecule has 0 aliphatic carbocycles. The van der Waals surface area contributed by atoms with Gasteiger partial charge in [0.25, 0.3) is 0 Å². The first-order chi connectivity index (χ1) is 7.41. The summed E-state index contributed by atoms with van der Waals surface area (Å²) in [6.45, 7) is 2.00. The molecule has 0 aromatic rings. The van der Waals surface area contributed by atoms with Crippen LogP contribution >= 0.6 is 0 Å². The maximum atomic E-state index is 11.5. The van der Waals surface area contributed by atoms with E-state index in [0.717, 1.165) is 6.42 Å². The molecule has 0 rings (SSSR count). The van der Waals surface area contributed by atoms with Crippen LogP contribution < -0.4 is 5.32 Å². The standard InChI is InChI=1S/C10H21NO4S/c1-9(11-2)5-4-7-16(13,14)8-6-10(12)15-3/h9,11H,4-8H2,1-3H3. The van der Waals surface area contributed by atoms with Gasteiger partial charge in [0, 0.05) is 6.04 Å². The average Bonchev–Trinajstić information content (AvgIpc) is 2.25. The number of hydrogen-bond acceptors (Lipinski definition) is 5. The van der Waals surface area contributed by atoms with Crippen molar-refractivity contribution in [3.05, 3.63) is 0 Å². The molecule has 0 radical (unpaired) electrons. The van der Waals surface area contributed by atoms with Gasteiger partial charge in [0.1, 0.15) is 0 Å². The first kappa shape index (κ1) is 15.4. The summed E-state index contributed by atoms with van der Waals surface area (Å²) < 4.78 is 27.4. The van der Waals surface area contributed by atoms with E-state index >= 15 is 0 Å². The lowest BCUT2D eigenvalue weighted by atomic mass is 10.2. The second kappa shape index (κ2) is 7.62. The summed E-state index contributed by atoms with van der Waals surface area (Å²) in [6, 6.07) is 0.316. The predicted molar refractivity (Wildman–Crippen MR) is 63.0 cm³/mol. The summed E-state index contributed by atoms with van der Waals surface area (Å²) in [6.07, 6.45) is 1.37. The fourth-order valence-electron chi connectivity index (χ4n) is 1.20. The third-order valence-electron chi connectivity index (χ3n) is 2.43. The second-order valence-electron chi connectivity index (χ2n) is 3.81. The zero-order valence-electron chi connectivity index (χ0n) is 10.2. The molecule has 0 bridgehead atoms. The highest BCUT2D eigenvalue weighted by molar-refractivity contribution is 7.91. The number of sulfone groups is 1. The van der Waals surface area contributed by atoms with Gasteiger partial charge in [0.15, 0.2) is 9.84 Å². The molecule has 0 aliphatic heterocycles. The molecule has 0 saturated heterocycles. The van der Waals surface area contributed by atoms with Crippen LogP contribution in [0.5, 0.6) is 0 Å². The molecule has 5 nitrogen and oxygen atoms in total. The smallest absolute Gasteiger partial charge is 0.306 e. The van der Waals surface area contributed by atoms with Crippen LogP contribution in [-0.4, -0.2) is 46.1 Å². The molecule has 0 aromatic carbocycles. The van der Waals surface area contributed by atoms with Crippen molar-refractivity contribution in [3.63, 3.8) is 0 Å². The van der Waals surface area contributed by atoms with Gasteiger partial charge in [0.05, 0.1) is 25.0 Å². The van der Waals surface area contributed by atoms with E-state index in [4.69, 9.17) is 0 Å². The lowest BCUT2D eigenvalue weighted by Gasteiger charge is -2.09. The SMILES string of the molecule is CNC(C)CCCS(=O)(=O)CCC(=O)OC. The Labute approximate surface area is 97.5 Å². The first-order valence-electron chi connectivity index (χ1n) is 5.36. The van der Waals surface area contributed by atoms with Gasteiger partial charge in [-0.05, 0) is 26.8 Å². The summed E-state index contributed by atoms with van der Waals surface area (Å²) in [4.78, 5) is 10.8.